The first kappa shape index (κ1) is 9.91. The predicted octanol–water partition coefficient (Wildman–Crippen LogP) is 0.992. The Balaban J connectivity index is 2.78. The first-order valence-electron chi connectivity index (χ1n) is 4.03. The molecule has 0 aliphatic carbocycles. The number of hydrogen-bond acceptors (Lipinski definition) is 3. The summed E-state index contributed by atoms with van der Waals surface area (Å²) in [7, 11) is -2.80. The molecule has 0 spiro atoms. The minimum Gasteiger partial charge on any atom is -0.303 e. The van der Waals surface area contributed by atoms with E-state index in [1.54, 1.807) is 0 Å². The molecule has 2 amide bonds. The molecular weight excluding hydrogens is 223 g/mol. The van der Waals surface area contributed by atoms with Crippen LogP contribution in [0.25, 0.3) is 0 Å². The number of nitrogens with one attached hydrogen (secondary N) is 1. The third-order valence-corrected chi connectivity index (χ3v) is 3.91. The Kier molecular flexibility index (Phi) is 1.93. The van der Waals surface area contributed by atoms with Crippen molar-refractivity contribution in [1.29, 1.82) is 0 Å². The molecule has 0 radical (unpaired) electrons. The molecule has 7 heteroatoms. The Morgan fingerprint density at radius 2 is 2.07 bits per heavy atom. The van der Waals surface area contributed by atoms with E-state index in [2.05, 4.69) is 5.32 Å². The van der Waals surface area contributed by atoms with Crippen LogP contribution in [0.4, 0.5) is 14.9 Å². The van der Waals surface area contributed by atoms with Crippen LogP contribution < -0.4 is 5.32 Å². The third-order valence-electron chi connectivity index (χ3n) is 2.13. The van der Waals surface area contributed by atoms with E-state index in [1.165, 1.54) is 12.1 Å². The number of nitrogens with zero attached hydrogens (tertiary/aromatic N) is 1. The zero-order chi connectivity index (χ0) is 11.2. The number of rotatable bonds is 0. The van der Waals surface area contributed by atoms with Crippen LogP contribution in [0.5, 0.6) is 0 Å². The van der Waals surface area contributed by atoms with Gasteiger partial charge < -0.3 is 5.32 Å². The van der Waals surface area contributed by atoms with Gasteiger partial charge in [-0.25, -0.2) is 21.9 Å². The minimum absolute atomic E-state index is 0.232. The molecule has 0 fully saturated rings. The smallest absolute Gasteiger partial charge is 0.303 e. The van der Waals surface area contributed by atoms with Crippen LogP contribution >= 0.6 is 0 Å². The third kappa shape index (κ3) is 1.27. The molecule has 1 aromatic rings. The fourth-order valence-corrected chi connectivity index (χ4v) is 2.50. The highest BCUT2D eigenvalue weighted by molar-refractivity contribution is 7.90. The van der Waals surface area contributed by atoms with Crippen molar-refractivity contribution in [3.8, 4) is 0 Å². The van der Waals surface area contributed by atoms with Crippen molar-refractivity contribution in [3.63, 3.8) is 0 Å². The molecule has 0 aromatic heterocycles. The molecule has 1 heterocycles. The molecule has 0 atom stereocenters. The van der Waals surface area contributed by atoms with Crippen LogP contribution in [0, 0.1) is 5.82 Å². The van der Waals surface area contributed by atoms with Gasteiger partial charge in [-0.15, -0.1) is 0 Å². The molecule has 1 aliphatic heterocycles. The summed E-state index contributed by atoms with van der Waals surface area (Å²) in [5.74, 6) is -0.766. The lowest BCUT2D eigenvalue weighted by molar-refractivity contribution is 0.239. The molecule has 1 aliphatic rings. The molecule has 5 nitrogen and oxygen atoms in total. The Bertz CT molecular complexity index is 541. The van der Waals surface area contributed by atoms with Gasteiger partial charge in [0.1, 0.15) is 10.7 Å². The summed E-state index contributed by atoms with van der Waals surface area (Å²) in [6, 6.07) is 2.73. The summed E-state index contributed by atoms with van der Waals surface area (Å²) in [6.45, 7) is 0. The van der Waals surface area contributed by atoms with Crippen molar-refractivity contribution in [3.05, 3.63) is 24.0 Å². The minimum atomic E-state index is -3.91. The number of benzene rings is 1. The number of sulfonamides is 1. The zero-order valence-corrected chi connectivity index (χ0v) is 8.51. The number of para-hydroxylation sites is 1. The van der Waals surface area contributed by atoms with E-state index in [-0.39, 0.29) is 10.6 Å². The summed E-state index contributed by atoms with van der Waals surface area (Å²) in [5, 5.41) is 2.17. The Labute approximate surface area is 85.6 Å². The van der Waals surface area contributed by atoms with E-state index in [4.69, 9.17) is 0 Å². The number of carbonyl (C=O) groups is 1. The first-order chi connectivity index (χ1) is 6.94. The lowest BCUT2D eigenvalue weighted by atomic mass is 10.3. The second kappa shape index (κ2) is 2.93. The standard InChI is InChI=1S/C8H7FN2O3S/c1-11-8(12)10-7-5(9)3-2-4-6(7)15(11,13)14/h2-4H,1H3,(H,10,12). The van der Waals surface area contributed by atoms with Gasteiger partial charge in [-0.3, -0.25) is 0 Å². The number of anilines is 1. The molecule has 1 N–H and O–H groups in total. The largest absolute Gasteiger partial charge is 0.335 e. The molecule has 0 saturated heterocycles. The van der Waals surface area contributed by atoms with Crippen molar-refractivity contribution in [2.45, 2.75) is 4.90 Å². The van der Waals surface area contributed by atoms with E-state index in [0.29, 0.717) is 4.31 Å². The maximum Gasteiger partial charge on any atom is 0.335 e. The van der Waals surface area contributed by atoms with Crippen LogP contribution in [-0.4, -0.2) is 25.8 Å². The van der Waals surface area contributed by atoms with Crippen LogP contribution in [0.2, 0.25) is 0 Å². The van der Waals surface area contributed by atoms with Crippen molar-refractivity contribution >= 4 is 21.7 Å². The molecule has 1 aromatic carbocycles. The number of halogens is 1. The van der Waals surface area contributed by atoms with Crippen molar-refractivity contribution in [2.24, 2.45) is 0 Å². The van der Waals surface area contributed by atoms with Gasteiger partial charge in [-0.2, -0.15) is 0 Å². The molecule has 0 saturated carbocycles. The highest BCUT2D eigenvalue weighted by Crippen LogP contribution is 2.30. The molecular formula is C8H7FN2O3S. The molecule has 80 valence electrons. The normalized spacial score (nSPS) is 18.3. The fourth-order valence-electron chi connectivity index (χ4n) is 1.28. The zero-order valence-electron chi connectivity index (χ0n) is 7.69. The SMILES string of the molecule is CN1C(=O)Nc2c(F)cccc2S1(=O)=O. The average molecular weight is 230 g/mol. The maximum atomic E-state index is 13.2. The lowest BCUT2D eigenvalue weighted by Gasteiger charge is -2.25. The van der Waals surface area contributed by atoms with Gasteiger partial charge >= 0.3 is 6.03 Å². The molecule has 0 bridgehead atoms. The quantitative estimate of drug-likeness (QED) is 0.722. The van der Waals surface area contributed by atoms with Gasteiger partial charge in [-0.1, -0.05) is 6.07 Å². The van der Waals surface area contributed by atoms with E-state index in [1.807, 2.05) is 0 Å². The predicted molar refractivity (Wildman–Crippen MR) is 50.4 cm³/mol. The van der Waals surface area contributed by atoms with Crippen LogP contribution in [0.3, 0.4) is 0 Å². The summed E-state index contributed by atoms with van der Waals surface area (Å²) >= 11 is 0. The first-order valence-corrected chi connectivity index (χ1v) is 5.47. The second-order valence-electron chi connectivity index (χ2n) is 3.02. The highest BCUT2D eigenvalue weighted by atomic mass is 32.2. The molecule has 0 unspecified atom stereocenters. The lowest BCUT2D eigenvalue weighted by Crippen LogP contribution is -2.41. The summed E-state index contributed by atoms with van der Waals surface area (Å²) in [5.41, 5.74) is -0.291. The van der Waals surface area contributed by atoms with Crippen molar-refractivity contribution < 1.29 is 17.6 Å². The number of amides is 2. The summed E-state index contributed by atoms with van der Waals surface area (Å²) in [6.07, 6.45) is 0. The fraction of sp³-hybridized carbons (Fsp3) is 0.125. The number of carbonyl (C=O) groups excluding carboxylic acids is 1. The summed E-state index contributed by atoms with van der Waals surface area (Å²) in [4.78, 5) is 11.0. The van der Waals surface area contributed by atoms with E-state index in [9.17, 15) is 17.6 Å². The van der Waals surface area contributed by atoms with Crippen LogP contribution in [-0.2, 0) is 10.0 Å². The van der Waals surface area contributed by atoms with Gasteiger partial charge in [0, 0.05) is 7.05 Å². The van der Waals surface area contributed by atoms with Crippen molar-refractivity contribution in [2.75, 3.05) is 12.4 Å². The summed E-state index contributed by atoms with van der Waals surface area (Å²) < 4.78 is 37.1. The van der Waals surface area contributed by atoms with Gasteiger partial charge in [0.2, 0.25) is 0 Å². The van der Waals surface area contributed by atoms with E-state index in [0.717, 1.165) is 13.1 Å². The van der Waals surface area contributed by atoms with E-state index < -0.39 is 21.9 Å². The number of urea groups is 1. The monoisotopic (exact) mass is 230 g/mol. The average Bonchev–Trinajstić information content (AvgIpc) is 2.17. The van der Waals surface area contributed by atoms with Gasteiger partial charge in [0.25, 0.3) is 10.0 Å². The number of fused-ring (bicyclic) bond motifs is 1. The molecule has 2 rings (SSSR count). The second-order valence-corrected chi connectivity index (χ2v) is 4.95. The Morgan fingerprint density at radius 1 is 1.40 bits per heavy atom. The molecule has 15 heavy (non-hydrogen) atoms. The van der Waals surface area contributed by atoms with Crippen LogP contribution in [0.1, 0.15) is 0 Å². The van der Waals surface area contributed by atoms with Gasteiger partial charge in [0.15, 0.2) is 0 Å². The number of hydrogen-bond donors (Lipinski definition) is 1. The Morgan fingerprint density at radius 3 is 2.73 bits per heavy atom. The van der Waals surface area contributed by atoms with E-state index >= 15 is 0 Å². The maximum absolute atomic E-state index is 13.2. The van der Waals surface area contributed by atoms with Crippen molar-refractivity contribution in [1.82, 2.24) is 4.31 Å². The van der Waals surface area contributed by atoms with Crippen LogP contribution in [0.15, 0.2) is 23.1 Å². The van der Waals surface area contributed by atoms with Gasteiger partial charge in [-0.05, 0) is 12.1 Å². The highest BCUT2D eigenvalue weighted by Gasteiger charge is 2.35. The topological polar surface area (TPSA) is 66.5 Å². The van der Waals surface area contributed by atoms with Gasteiger partial charge in [0.05, 0.1) is 5.69 Å². The Hall–Kier alpha value is -1.63.